The molecule has 0 spiro atoms. The fourth-order valence-corrected chi connectivity index (χ4v) is 2.89. The van der Waals surface area contributed by atoms with Crippen molar-refractivity contribution in [2.45, 2.75) is 51.7 Å². The molecule has 0 bridgehead atoms. The van der Waals surface area contributed by atoms with Crippen molar-refractivity contribution in [2.75, 3.05) is 13.1 Å². The molecule has 2 N–H and O–H groups in total. The predicted octanol–water partition coefficient (Wildman–Crippen LogP) is 2.88. The number of nitrogens with zero attached hydrogens (tertiary/aromatic N) is 1. The van der Waals surface area contributed by atoms with Gasteiger partial charge in [-0.15, -0.1) is 0 Å². The summed E-state index contributed by atoms with van der Waals surface area (Å²) >= 11 is 0. The summed E-state index contributed by atoms with van der Waals surface area (Å²) in [5.41, 5.74) is 2.52. The molecule has 3 rings (SSSR count). The molecule has 22 heavy (non-hydrogen) atoms. The van der Waals surface area contributed by atoms with Gasteiger partial charge in [0.1, 0.15) is 0 Å². The molecule has 0 aromatic heterocycles. The highest BCUT2D eigenvalue weighted by molar-refractivity contribution is 5.74. The Morgan fingerprint density at radius 2 is 1.73 bits per heavy atom. The zero-order chi connectivity index (χ0) is 15.4. The molecule has 1 saturated heterocycles. The molecule has 2 aliphatic rings. The summed E-state index contributed by atoms with van der Waals surface area (Å²) in [6.07, 6.45) is 4.88. The molecule has 1 aromatic carbocycles. The van der Waals surface area contributed by atoms with Crippen molar-refractivity contribution in [1.29, 1.82) is 0 Å². The third-order valence-electron chi connectivity index (χ3n) is 4.67. The van der Waals surface area contributed by atoms with Gasteiger partial charge in [-0.1, -0.05) is 31.2 Å². The average molecular weight is 301 g/mol. The lowest BCUT2D eigenvalue weighted by atomic mass is 9.99. The van der Waals surface area contributed by atoms with Crippen LogP contribution in [0, 0.1) is 5.92 Å². The summed E-state index contributed by atoms with van der Waals surface area (Å²) in [5.74, 6) is 0.881. The molecule has 1 aliphatic heterocycles. The number of urea groups is 1. The molecule has 1 heterocycles. The summed E-state index contributed by atoms with van der Waals surface area (Å²) in [7, 11) is 0. The first kappa shape index (κ1) is 15.3. The number of piperidine rings is 1. The third-order valence-corrected chi connectivity index (χ3v) is 4.67. The molecule has 4 nitrogen and oxygen atoms in total. The van der Waals surface area contributed by atoms with Crippen LogP contribution >= 0.6 is 0 Å². The molecule has 0 atom stereocenters. The van der Waals surface area contributed by atoms with E-state index in [-0.39, 0.29) is 6.03 Å². The Labute approximate surface area is 133 Å². The van der Waals surface area contributed by atoms with E-state index < -0.39 is 0 Å². The maximum Gasteiger partial charge on any atom is 0.315 e. The van der Waals surface area contributed by atoms with E-state index in [0.717, 1.165) is 30.9 Å². The second-order valence-electron chi connectivity index (χ2n) is 6.88. The molecule has 0 radical (unpaired) electrons. The van der Waals surface area contributed by atoms with Crippen LogP contribution in [0.1, 0.15) is 43.7 Å². The van der Waals surface area contributed by atoms with Gasteiger partial charge in [-0.05, 0) is 55.8 Å². The largest absolute Gasteiger partial charge is 0.335 e. The highest BCUT2D eigenvalue weighted by Gasteiger charge is 2.22. The van der Waals surface area contributed by atoms with Gasteiger partial charge in [-0.2, -0.15) is 0 Å². The molecule has 1 saturated carbocycles. The van der Waals surface area contributed by atoms with Gasteiger partial charge < -0.3 is 10.6 Å². The SMILES string of the molecule is CC1CCN(Cc2ccc(CNC(=O)NC3CC3)cc2)CC1. The minimum atomic E-state index is -0.0472. The zero-order valence-electron chi connectivity index (χ0n) is 13.5. The minimum absolute atomic E-state index is 0.0472. The van der Waals surface area contributed by atoms with Gasteiger partial charge in [0, 0.05) is 19.1 Å². The number of carbonyl (C=O) groups excluding carboxylic acids is 1. The smallest absolute Gasteiger partial charge is 0.315 e. The van der Waals surface area contributed by atoms with E-state index in [2.05, 4.69) is 46.7 Å². The summed E-state index contributed by atoms with van der Waals surface area (Å²) < 4.78 is 0. The number of rotatable bonds is 5. The highest BCUT2D eigenvalue weighted by Crippen LogP contribution is 2.19. The topological polar surface area (TPSA) is 44.4 Å². The standard InChI is InChI=1S/C18H27N3O/c1-14-8-10-21(11-9-14)13-16-4-2-15(3-5-16)12-19-18(22)20-17-6-7-17/h2-5,14,17H,6-13H2,1H3,(H2,19,20,22). The van der Waals surface area contributed by atoms with Crippen LogP contribution in [-0.4, -0.2) is 30.1 Å². The highest BCUT2D eigenvalue weighted by atomic mass is 16.2. The maximum absolute atomic E-state index is 11.6. The molecule has 4 heteroatoms. The average Bonchev–Trinajstić information content (AvgIpc) is 3.33. The molecule has 2 amide bonds. The first-order valence-electron chi connectivity index (χ1n) is 8.53. The number of hydrogen-bond donors (Lipinski definition) is 2. The fraction of sp³-hybridized carbons (Fsp3) is 0.611. The van der Waals surface area contributed by atoms with Gasteiger partial charge in [-0.25, -0.2) is 4.79 Å². The maximum atomic E-state index is 11.6. The zero-order valence-corrected chi connectivity index (χ0v) is 13.5. The number of benzene rings is 1. The van der Waals surface area contributed by atoms with Gasteiger partial charge in [0.25, 0.3) is 0 Å². The number of nitrogens with one attached hydrogen (secondary N) is 2. The normalized spacial score (nSPS) is 19.9. The Balaban J connectivity index is 1.42. The van der Waals surface area contributed by atoms with Gasteiger partial charge in [0.15, 0.2) is 0 Å². The second kappa shape index (κ2) is 7.14. The summed E-state index contributed by atoms with van der Waals surface area (Å²) in [6, 6.07) is 8.99. The third kappa shape index (κ3) is 4.73. The van der Waals surface area contributed by atoms with Crippen LogP contribution in [0.3, 0.4) is 0 Å². The van der Waals surface area contributed by atoms with Crippen LogP contribution in [0.25, 0.3) is 0 Å². The summed E-state index contributed by atoms with van der Waals surface area (Å²) in [4.78, 5) is 14.1. The predicted molar refractivity (Wildman–Crippen MR) is 88.5 cm³/mol. The van der Waals surface area contributed by atoms with Crippen LogP contribution in [-0.2, 0) is 13.1 Å². The van der Waals surface area contributed by atoms with E-state index in [1.807, 2.05) is 0 Å². The van der Waals surface area contributed by atoms with Crippen molar-refractivity contribution in [3.8, 4) is 0 Å². The van der Waals surface area contributed by atoms with Crippen molar-refractivity contribution < 1.29 is 4.79 Å². The Kier molecular flexibility index (Phi) is 4.98. The Morgan fingerprint density at radius 3 is 2.36 bits per heavy atom. The van der Waals surface area contributed by atoms with Crippen LogP contribution in [0.2, 0.25) is 0 Å². The van der Waals surface area contributed by atoms with Crippen LogP contribution in [0.15, 0.2) is 24.3 Å². The van der Waals surface area contributed by atoms with E-state index in [1.165, 1.54) is 31.5 Å². The molecule has 120 valence electrons. The van der Waals surface area contributed by atoms with E-state index in [1.54, 1.807) is 0 Å². The van der Waals surface area contributed by atoms with Crippen LogP contribution < -0.4 is 10.6 Å². The summed E-state index contributed by atoms with van der Waals surface area (Å²) in [6.45, 7) is 6.42. The molecule has 1 aromatic rings. The number of carbonyl (C=O) groups is 1. The van der Waals surface area contributed by atoms with Crippen molar-refractivity contribution in [2.24, 2.45) is 5.92 Å². The van der Waals surface area contributed by atoms with E-state index in [9.17, 15) is 4.79 Å². The van der Waals surface area contributed by atoms with Crippen LogP contribution in [0.5, 0.6) is 0 Å². The number of amides is 2. The van der Waals surface area contributed by atoms with E-state index in [4.69, 9.17) is 0 Å². The number of hydrogen-bond acceptors (Lipinski definition) is 2. The van der Waals surface area contributed by atoms with Gasteiger partial charge in [0.2, 0.25) is 0 Å². The van der Waals surface area contributed by atoms with E-state index >= 15 is 0 Å². The van der Waals surface area contributed by atoms with Gasteiger partial charge in [0.05, 0.1) is 0 Å². The molecule has 0 unspecified atom stereocenters. The lowest BCUT2D eigenvalue weighted by molar-refractivity contribution is 0.185. The van der Waals surface area contributed by atoms with Crippen LogP contribution in [0.4, 0.5) is 4.79 Å². The second-order valence-corrected chi connectivity index (χ2v) is 6.88. The monoisotopic (exact) mass is 301 g/mol. The molecule has 2 fully saturated rings. The van der Waals surface area contributed by atoms with Crippen molar-refractivity contribution in [3.05, 3.63) is 35.4 Å². The molecular formula is C18H27N3O. The van der Waals surface area contributed by atoms with Crippen molar-refractivity contribution in [1.82, 2.24) is 15.5 Å². The first-order valence-corrected chi connectivity index (χ1v) is 8.53. The number of likely N-dealkylation sites (tertiary alicyclic amines) is 1. The van der Waals surface area contributed by atoms with Crippen molar-refractivity contribution >= 4 is 6.03 Å². The fourth-order valence-electron chi connectivity index (χ4n) is 2.89. The van der Waals surface area contributed by atoms with E-state index in [0.29, 0.717) is 12.6 Å². The molecular weight excluding hydrogens is 274 g/mol. The summed E-state index contributed by atoms with van der Waals surface area (Å²) in [5, 5.41) is 5.85. The van der Waals surface area contributed by atoms with Gasteiger partial charge in [-0.3, -0.25) is 4.90 Å². The Bertz CT molecular complexity index is 488. The Morgan fingerprint density at radius 1 is 1.09 bits per heavy atom. The van der Waals surface area contributed by atoms with Gasteiger partial charge >= 0.3 is 6.03 Å². The lowest BCUT2D eigenvalue weighted by Gasteiger charge is -2.30. The molecule has 1 aliphatic carbocycles. The first-order chi connectivity index (χ1) is 10.7. The lowest BCUT2D eigenvalue weighted by Crippen LogP contribution is -2.36. The van der Waals surface area contributed by atoms with Crippen molar-refractivity contribution in [3.63, 3.8) is 0 Å². The minimum Gasteiger partial charge on any atom is -0.335 e. The quantitative estimate of drug-likeness (QED) is 0.878. The Hall–Kier alpha value is -1.55.